The first-order valence-electron chi connectivity index (χ1n) is 14.9. The van der Waals surface area contributed by atoms with Gasteiger partial charge in [0.1, 0.15) is 28.1 Å². The van der Waals surface area contributed by atoms with Crippen molar-refractivity contribution < 1.29 is 24.1 Å². The fourth-order valence-corrected chi connectivity index (χ4v) is 6.65. The minimum absolute atomic E-state index is 0.0999. The molecule has 0 aliphatic carbocycles. The fourth-order valence-electron chi connectivity index (χ4n) is 5.76. The van der Waals surface area contributed by atoms with Gasteiger partial charge in [0.25, 0.3) is 0 Å². The molecule has 3 aromatic heterocycles. The summed E-state index contributed by atoms with van der Waals surface area (Å²) >= 11 is 1.43. The van der Waals surface area contributed by atoms with Crippen LogP contribution < -0.4 is 4.90 Å². The number of nitrogens with zero attached hydrogens (tertiary/aromatic N) is 5. The number of fused-ring (bicyclic) bond motifs is 1. The van der Waals surface area contributed by atoms with E-state index in [4.69, 9.17) is 14.8 Å². The molecular formula is C33H40FN5O4S. The summed E-state index contributed by atoms with van der Waals surface area (Å²) in [7, 11) is 0. The molecule has 2 N–H and O–H groups in total. The molecule has 0 amide bonds. The highest BCUT2D eigenvalue weighted by atomic mass is 32.1. The molecule has 1 aliphatic heterocycles. The summed E-state index contributed by atoms with van der Waals surface area (Å²) in [6, 6.07) is 5.84. The molecule has 4 aromatic rings. The number of phenols is 1. The first-order valence-corrected chi connectivity index (χ1v) is 15.7. The van der Waals surface area contributed by atoms with Gasteiger partial charge in [-0.05, 0) is 70.4 Å². The second-order valence-electron chi connectivity index (χ2n) is 12.9. The Morgan fingerprint density at radius 2 is 2.00 bits per heavy atom. The lowest BCUT2D eigenvalue weighted by Crippen LogP contribution is -2.41. The number of aromatic hydroxyl groups is 1. The van der Waals surface area contributed by atoms with E-state index in [-0.39, 0.29) is 11.2 Å². The average Bonchev–Trinajstić information content (AvgIpc) is 3.59. The molecule has 0 bridgehead atoms. The van der Waals surface area contributed by atoms with Crippen LogP contribution in [0.4, 0.5) is 10.2 Å². The summed E-state index contributed by atoms with van der Waals surface area (Å²) in [4.78, 5) is 25.2. The molecule has 4 heterocycles. The number of carboxylic acid groups (broad SMARTS) is 1. The molecule has 234 valence electrons. The Labute approximate surface area is 261 Å². The fraction of sp³-hybridized carbons (Fsp3) is 0.455. The standard InChI is InChI=1S/C33H40FN5O4S/c1-7-8-11-33(6)12-14-38(15-13-33)30-27(28(31(41)42)43-32(3,4)5)20(2)36-26-18-24(37-39(26)30)29-35-19-23(44-29)16-21-9-10-22(34)17-25(21)40/h7,9-10,17-19,28,40H,1,8,11-16H2,2-6H3,(H,41,42). The maximum absolute atomic E-state index is 13.5. The lowest BCUT2D eigenvalue weighted by Gasteiger charge is -2.41. The Hall–Kier alpha value is -3.83. The molecule has 11 heteroatoms. The minimum atomic E-state index is -1.24. The van der Waals surface area contributed by atoms with Gasteiger partial charge in [0.2, 0.25) is 0 Å². The number of aryl methyl sites for hydroxylation is 1. The minimum Gasteiger partial charge on any atom is -0.508 e. The number of hydrogen-bond acceptors (Lipinski definition) is 8. The van der Waals surface area contributed by atoms with E-state index in [1.807, 2.05) is 39.8 Å². The topological polar surface area (TPSA) is 113 Å². The highest BCUT2D eigenvalue weighted by Gasteiger charge is 2.37. The SMILES string of the molecule is C=CCCC1(C)CCN(c2c(C(OC(C)(C)C)C(=O)O)c(C)nc3cc(-c4ncc(Cc5ccc(F)cc5O)s4)nn23)CC1. The molecule has 0 radical (unpaired) electrons. The van der Waals surface area contributed by atoms with Crippen molar-refractivity contribution in [1.29, 1.82) is 0 Å². The Morgan fingerprint density at radius 3 is 2.64 bits per heavy atom. The number of allylic oxidation sites excluding steroid dienone is 1. The molecule has 1 saturated heterocycles. The van der Waals surface area contributed by atoms with E-state index in [0.29, 0.717) is 45.4 Å². The highest BCUT2D eigenvalue weighted by Crippen LogP contribution is 2.41. The van der Waals surface area contributed by atoms with Crippen molar-refractivity contribution in [3.8, 4) is 16.5 Å². The van der Waals surface area contributed by atoms with Gasteiger partial charge in [0, 0.05) is 48.4 Å². The van der Waals surface area contributed by atoms with E-state index >= 15 is 0 Å². The number of thiazole rings is 1. The number of rotatable bonds is 10. The Morgan fingerprint density at radius 1 is 1.27 bits per heavy atom. The highest BCUT2D eigenvalue weighted by molar-refractivity contribution is 7.15. The summed E-state index contributed by atoms with van der Waals surface area (Å²) in [5.74, 6) is -1.00. The summed E-state index contributed by atoms with van der Waals surface area (Å²) in [5, 5.41) is 26.1. The van der Waals surface area contributed by atoms with Gasteiger partial charge in [-0.2, -0.15) is 9.61 Å². The van der Waals surface area contributed by atoms with Crippen molar-refractivity contribution in [3.05, 3.63) is 70.6 Å². The van der Waals surface area contributed by atoms with Gasteiger partial charge in [-0.1, -0.05) is 19.1 Å². The zero-order chi connectivity index (χ0) is 31.8. The molecule has 1 unspecified atom stereocenters. The first kappa shape index (κ1) is 31.6. The largest absolute Gasteiger partial charge is 0.508 e. The Balaban J connectivity index is 1.57. The van der Waals surface area contributed by atoms with E-state index in [1.165, 1.54) is 17.4 Å². The summed E-state index contributed by atoms with van der Waals surface area (Å²) in [6.45, 7) is 15.0. The van der Waals surface area contributed by atoms with Crippen LogP contribution in [0, 0.1) is 18.2 Å². The van der Waals surface area contributed by atoms with Gasteiger partial charge in [0.05, 0.1) is 11.2 Å². The van der Waals surface area contributed by atoms with Crippen LogP contribution in [0.15, 0.2) is 43.1 Å². The number of carbonyl (C=O) groups is 1. The summed E-state index contributed by atoms with van der Waals surface area (Å²) in [5.41, 5.74) is 2.32. The molecule has 1 aromatic carbocycles. The lowest BCUT2D eigenvalue weighted by atomic mass is 9.76. The van der Waals surface area contributed by atoms with Crippen LogP contribution in [0.2, 0.25) is 0 Å². The van der Waals surface area contributed by atoms with Gasteiger partial charge in [-0.25, -0.2) is 19.2 Å². The van der Waals surface area contributed by atoms with E-state index in [1.54, 1.807) is 16.8 Å². The second-order valence-corrected chi connectivity index (χ2v) is 14.0. The van der Waals surface area contributed by atoms with Crippen LogP contribution >= 0.6 is 11.3 Å². The number of carboxylic acids is 1. The third-order valence-corrected chi connectivity index (χ3v) is 9.19. The third-order valence-electron chi connectivity index (χ3n) is 8.17. The van der Waals surface area contributed by atoms with Crippen LogP contribution in [0.3, 0.4) is 0 Å². The first-order chi connectivity index (χ1) is 20.8. The molecule has 9 nitrogen and oxygen atoms in total. The number of piperidine rings is 1. The van der Waals surface area contributed by atoms with Gasteiger partial charge < -0.3 is 19.8 Å². The van der Waals surface area contributed by atoms with Crippen molar-refractivity contribution in [2.45, 2.75) is 78.4 Å². The van der Waals surface area contributed by atoms with Crippen LogP contribution in [0.5, 0.6) is 5.75 Å². The molecular weight excluding hydrogens is 581 g/mol. The number of anilines is 1. The number of ether oxygens (including phenoxy) is 1. The molecule has 44 heavy (non-hydrogen) atoms. The molecule has 5 rings (SSSR count). The number of aliphatic carboxylic acids is 1. The molecule has 0 spiro atoms. The second kappa shape index (κ2) is 12.3. The normalized spacial score (nSPS) is 15.9. The van der Waals surface area contributed by atoms with Crippen molar-refractivity contribution in [2.24, 2.45) is 5.41 Å². The quantitative estimate of drug-likeness (QED) is 0.180. The molecule has 1 fully saturated rings. The van der Waals surface area contributed by atoms with E-state index in [9.17, 15) is 19.4 Å². The van der Waals surface area contributed by atoms with Crippen molar-refractivity contribution >= 4 is 28.8 Å². The van der Waals surface area contributed by atoms with Crippen LogP contribution in [0.1, 0.15) is 81.2 Å². The van der Waals surface area contributed by atoms with Crippen molar-refractivity contribution in [3.63, 3.8) is 0 Å². The van der Waals surface area contributed by atoms with Gasteiger partial charge in [0.15, 0.2) is 11.8 Å². The number of benzene rings is 1. The third kappa shape index (κ3) is 6.78. The molecule has 0 saturated carbocycles. The van der Waals surface area contributed by atoms with Crippen LogP contribution in [0.25, 0.3) is 16.3 Å². The van der Waals surface area contributed by atoms with Gasteiger partial charge in [-0.15, -0.1) is 17.9 Å². The summed E-state index contributed by atoms with van der Waals surface area (Å²) < 4.78 is 21.3. The summed E-state index contributed by atoms with van der Waals surface area (Å²) in [6.07, 6.45) is 6.75. The lowest BCUT2D eigenvalue weighted by molar-refractivity contribution is -0.160. The Kier molecular flexibility index (Phi) is 8.82. The maximum atomic E-state index is 13.5. The Bertz CT molecular complexity index is 1680. The van der Waals surface area contributed by atoms with E-state index < -0.39 is 23.5 Å². The maximum Gasteiger partial charge on any atom is 0.337 e. The number of hydrogen-bond donors (Lipinski definition) is 2. The molecule has 1 aliphatic rings. The van der Waals surface area contributed by atoms with Crippen molar-refractivity contribution in [2.75, 3.05) is 18.0 Å². The predicted octanol–water partition coefficient (Wildman–Crippen LogP) is 7.11. The number of halogens is 1. The van der Waals surface area contributed by atoms with E-state index in [0.717, 1.165) is 49.7 Å². The van der Waals surface area contributed by atoms with E-state index in [2.05, 4.69) is 23.4 Å². The zero-order valence-electron chi connectivity index (χ0n) is 25.9. The number of phenolic OH excluding ortho intramolecular Hbond substituents is 1. The van der Waals surface area contributed by atoms with Gasteiger partial charge >= 0.3 is 5.97 Å². The average molecular weight is 622 g/mol. The predicted molar refractivity (Wildman–Crippen MR) is 170 cm³/mol. The van der Waals surface area contributed by atoms with Crippen LogP contribution in [-0.4, -0.2) is 54.5 Å². The number of aromatic nitrogens is 4. The van der Waals surface area contributed by atoms with Crippen molar-refractivity contribution in [1.82, 2.24) is 19.6 Å². The zero-order valence-corrected chi connectivity index (χ0v) is 26.7. The smallest absolute Gasteiger partial charge is 0.337 e. The monoisotopic (exact) mass is 621 g/mol. The van der Waals surface area contributed by atoms with Gasteiger partial charge in [-0.3, -0.25) is 0 Å². The molecule has 1 atom stereocenters. The van der Waals surface area contributed by atoms with Crippen LogP contribution in [-0.2, 0) is 16.0 Å².